The Balaban J connectivity index is 1.34. The predicted molar refractivity (Wildman–Crippen MR) is 111 cm³/mol. The second-order valence-corrected chi connectivity index (χ2v) is 8.30. The molecule has 2 heterocycles. The molecule has 0 saturated carbocycles. The van der Waals surface area contributed by atoms with Gasteiger partial charge in [-0.25, -0.2) is 0 Å². The highest BCUT2D eigenvalue weighted by Crippen LogP contribution is 2.24. The van der Waals surface area contributed by atoms with Gasteiger partial charge in [0.1, 0.15) is 11.1 Å². The number of thiophene rings is 1. The van der Waals surface area contributed by atoms with Crippen LogP contribution in [0.3, 0.4) is 0 Å². The number of hydrogen-bond donors (Lipinski definition) is 1. The van der Waals surface area contributed by atoms with E-state index < -0.39 is 0 Å². The first kappa shape index (κ1) is 19.6. The molecule has 2 aromatic rings. The van der Waals surface area contributed by atoms with E-state index in [2.05, 4.69) is 47.5 Å². The van der Waals surface area contributed by atoms with Crippen molar-refractivity contribution in [1.29, 1.82) is 5.26 Å². The van der Waals surface area contributed by atoms with Crippen LogP contribution in [0.2, 0.25) is 0 Å². The maximum absolute atomic E-state index is 12.1. The van der Waals surface area contributed by atoms with Crippen LogP contribution in [-0.4, -0.2) is 30.4 Å². The maximum Gasteiger partial charge on any atom is 0.226 e. The first-order valence-corrected chi connectivity index (χ1v) is 10.6. The smallest absolute Gasteiger partial charge is 0.226 e. The van der Waals surface area contributed by atoms with E-state index in [-0.39, 0.29) is 5.91 Å². The lowest BCUT2D eigenvalue weighted by Crippen LogP contribution is -2.35. The zero-order valence-electron chi connectivity index (χ0n) is 15.9. The van der Waals surface area contributed by atoms with Crippen LogP contribution < -0.4 is 5.32 Å². The summed E-state index contributed by atoms with van der Waals surface area (Å²) in [6.45, 7) is 5.08. The van der Waals surface area contributed by atoms with Gasteiger partial charge in [0.15, 0.2) is 0 Å². The van der Waals surface area contributed by atoms with E-state index in [4.69, 9.17) is 5.26 Å². The van der Waals surface area contributed by atoms with Crippen LogP contribution in [0.5, 0.6) is 0 Å². The topological polar surface area (TPSA) is 56.1 Å². The van der Waals surface area contributed by atoms with Crippen molar-refractivity contribution < 1.29 is 4.79 Å². The van der Waals surface area contributed by atoms with Crippen molar-refractivity contribution in [2.24, 2.45) is 5.92 Å². The third-order valence-electron chi connectivity index (χ3n) is 5.36. The number of likely N-dealkylation sites (tertiary alicyclic amines) is 1. The maximum atomic E-state index is 12.1. The minimum absolute atomic E-state index is 0.00422. The van der Waals surface area contributed by atoms with Gasteiger partial charge in [-0.2, -0.15) is 5.26 Å². The Bertz CT molecular complexity index is 783. The molecule has 1 fully saturated rings. The summed E-state index contributed by atoms with van der Waals surface area (Å²) >= 11 is 1.40. The predicted octanol–water partition coefficient (Wildman–Crippen LogP) is 4.60. The SMILES string of the molecule is Cc1ccc(CCC2CCN(CCC(=O)Nc3sccc3C#N)CC2)cc1. The van der Waals surface area contributed by atoms with Crippen molar-refractivity contribution in [3.63, 3.8) is 0 Å². The molecule has 1 aliphatic heterocycles. The van der Waals surface area contributed by atoms with Crippen LogP contribution in [-0.2, 0) is 11.2 Å². The lowest BCUT2D eigenvalue weighted by molar-refractivity contribution is -0.116. The van der Waals surface area contributed by atoms with Crippen LogP contribution in [0, 0.1) is 24.2 Å². The molecule has 1 N–H and O–H groups in total. The van der Waals surface area contributed by atoms with E-state index >= 15 is 0 Å². The first-order valence-electron chi connectivity index (χ1n) is 9.69. The van der Waals surface area contributed by atoms with Gasteiger partial charge in [0, 0.05) is 13.0 Å². The van der Waals surface area contributed by atoms with Crippen LogP contribution in [0.1, 0.15) is 42.4 Å². The molecule has 1 amide bonds. The van der Waals surface area contributed by atoms with Crippen molar-refractivity contribution in [2.75, 3.05) is 25.0 Å². The van der Waals surface area contributed by atoms with Crippen LogP contribution in [0.15, 0.2) is 35.7 Å². The quantitative estimate of drug-likeness (QED) is 0.762. The molecule has 0 spiro atoms. The Kier molecular flexibility index (Phi) is 7.03. The van der Waals surface area contributed by atoms with E-state index in [0.29, 0.717) is 17.0 Å². The number of carbonyl (C=O) groups excluding carboxylic acids is 1. The molecule has 0 aliphatic carbocycles. The molecular weight excluding hydrogens is 354 g/mol. The number of benzene rings is 1. The molecule has 4 nitrogen and oxygen atoms in total. The van der Waals surface area contributed by atoms with Crippen molar-refractivity contribution in [2.45, 2.75) is 39.0 Å². The molecule has 0 radical (unpaired) electrons. The van der Waals surface area contributed by atoms with Gasteiger partial charge < -0.3 is 10.2 Å². The fraction of sp³-hybridized carbons (Fsp3) is 0.455. The number of rotatable bonds is 7. The monoisotopic (exact) mass is 381 g/mol. The highest BCUT2D eigenvalue weighted by atomic mass is 32.1. The summed E-state index contributed by atoms with van der Waals surface area (Å²) in [5, 5.41) is 14.4. The molecule has 1 aliphatic rings. The molecule has 27 heavy (non-hydrogen) atoms. The molecule has 1 aromatic heterocycles. The van der Waals surface area contributed by atoms with Gasteiger partial charge in [0.2, 0.25) is 5.91 Å². The standard InChI is InChI=1S/C22H27N3OS/c1-17-2-4-18(5-3-17)6-7-19-8-12-25(13-9-19)14-10-21(26)24-22-20(16-23)11-15-27-22/h2-5,11,15,19H,6-10,12-14H2,1H3,(H,24,26). The summed E-state index contributed by atoms with van der Waals surface area (Å²) in [7, 11) is 0. The molecule has 0 atom stereocenters. The Morgan fingerprint density at radius 1 is 1.26 bits per heavy atom. The van der Waals surface area contributed by atoms with Gasteiger partial charge in [-0.3, -0.25) is 4.79 Å². The van der Waals surface area contributed by atoms with Crippen LogP contribution in [0.4, 0.5) is 5.00 Å². The number of aryl methyl sites for hydroxylation is 2. The summed E-state index contributed by atoms with van der Waals surface area (Å²) in [6, 6.07) is 12.7. The van der Waals surface area contributed by atoms with Gasteiger partial charge in [0.05, 0.1) is 5.56 Å². The molecule has 5 heteroatoms. The van der Waals surface area contributed by atoms with Crippen molar-refractivity contribution in [3.8, 4) is 6.07 Å². The molecule has 0 bridgehead atoms. The molecule has 1 aromatic carbocycles. The number of hydrogen-bond acceptors (Lipinski definition) is 4. The van der Waals surface area contributed by atoms with E-state index in [1.165, 1.54) is 41.7 Å². The highest BCUT2D eigenvalue weighted by Gasteiger charge is 2.19. The zero-order chi connectivity index (χ0) is 19.1. The second kappa shape index (κ2) is 9.68. The number of piperidine rings is 1. The number of anilines is 1. The molecule has 0 unspecified atom stereocenters. The minimum atomic E-state index is -0.00422. The van der Waals surface area contributed by atoms with Crippen molar-refractivity contribution in [1.82, 2.24) is 4.90 Å². The number of nitriles is 1. The Morgan fingerprint density at radius 2 is 2.00 bits per heavy atom. The van der Waals surface area contributed by atoms with Crippen molar-refractivity contribution >= 4 is 22.2 Å². The summed E-state index contributed by atoms with van der Waals surface area (Å²) in [5.41, 5.74) is 3.30. The Morgan fingerprint density at radius 3 is 2.70 bits per heavy atom. The van der Waals surface area contributed by atoms with Gasteiger partial charge >= 0.3 is 0 Å². The van der Waals surface area contributed by atoms with E-state index in [9.17, 15) is 4.79 Å². The lowest BCUT2D eigenvalue weighted by atomic mass is 9.90. The number of amides is 1. The van der Waals surface area contributed by atoms with Gasteiger partial charge in [-0.05, 0) is 68.6 Å². The minimum Gasteiger partial charge on any atom is -0.317 e. The van der Waals surface area contributed by atoms with E-state index in [1.54, 1.807) is 6.07 Å². The summed E-state index contributed by atoms with van der Waals surface area (Å²) < 4.78 is 0. The normalized spacial score (nSPS) is 15.4. The van der Waals surface area contributed by atoms with Gasteiger partial charge in [0.25, 0.3) is 0 Å². The fourth-order valence-electron chi connectivity index (χ4n) is 3.57. The molecule has 1 saturated heterocycles. The Hall–Kier alpha value is -2.16. The molecular formula is C22H27N3OS. The third kappa shape index (κ3) is 5.92. The number of nitrogens with one attached hydrogen (secondary N) is 1. The largest absolute Gasteiger partial charge is 0.317 e. The van der Waals surface area contributed by atoms with Crippen LogP contribution >= 0.6 is 11.3 Å². The first-order chi connectivity index (χ1) is 13.1. The summed E-state index contributed by atoms with van der Waals surface area (Å²) in [6.07, 6.45) is 5.34. The van der Waals surface area contributed by atoms with Crippen molar-refractivity contribution in [3.05, 3.63) is 52.4 Å². The van der Waals surface area contributed by atoms with Crippen LogP contribution in [0.25, 0.3) is 0 Å². The van der Waals surface area contributed by atoms with Gasteiger partial charge in [-0.1, -0.05) is 29.8 Å². The van der Waals surface area contributed by atoms with E-state index in [0.717, 1.165) is 32.0 Å². The summed E-state index contributed by atoms with van der Waals surface area (Å²) in [4.78, 5) is 14.5. The Labute approximate surface area is 165 Å². The lowest BCUT2D eigenvalue weighted by Gasteiger charge is -2.31. The number of carbonyl (C=O) groups is 1. The average Bonchev–Trinajstić information content (AvgIpc) is 3.14. The average molecular weight is 382 g/mol. The third-order valence-corrected chi connectivity index (χ3v) is 6.19. The number of nitrogens with zero attached hydrogens (tertiary/aromatic N) is 2. The molecule has 3 rings (SSSR count). The second-order valence-electron chi connectivity index (χ2n) is 7.38. The molecule has 142 valence electrons. The zero-order valence-corrected chi connectivity index (χ0v) is 16.7. The van der Waals surface area contributed by atoms with Gasteiger partial charge in [-0.15, -0.1) is 11.3 Å². The fourth-order valence-corrected chi connectivity index (χ4v) is 4.32. The highest BCUT2D eigenvalue weighted by molar-refractivity contribution is 7.14. The van der Waals surface area contributed by atoms with E-state index in [1.807, 2.05) is 5.38 Å². The summed E-state index contributed by atoms with van der Waals surface area (Å²) in [5.74, 6) is 0.788.